The van der Waals surface area contributed by atoms with E-state index in [-0.39, 0.29) is 29.1 Å². The van der Waals surface area contributed by atoms with Crippen molar-refractivity contribution in [2.75, 3.05) is 6.61 Å². The Morgan fingerprint density at radius 2 is 1.90 bits per heavy atom. The summed E-state index contributed by atoms with van der Waals surface area (Å²) in [4.78, 5) is 40.0. The van der Waals surface area contributed by atoms with Crippen LogP contribution in [0.15, 0.2) is 35.1 Å². The molecule has 2 aromatic rings. The van der Waals surface area contributed by atoms with Crippen molar-refractivity contribution in [3.8, 4) is 5.75 Å². The Kier molecular flexibility index (Phi) is 5.98. The highest BCUT2D eigenvalue weighted by Gasteiger charge is 2.34. The van der Waals surface area contributed by atoms with Crippen LogP contribution in [0.1, 0.15) is 59.2 Å². The number of ether oxygens (including phenoxy) is 1. The van der Waals surface area contributed by atoms with Gasteiger partial charge in [-0.1, -0.05) is 26.0 Å². The minimum absolute atomic E-state index is 0.156. The minimum Gasteiger partial charge on any atom is -0.491 e. The smallest absolute Gasteiger partial charge is 0.419 e. The van der Waals surface area contributed by atoms with Crippen molar-refractivity contribution >= 4 is 11.7 Å². The van der Waals surface area contributed by atoms with Gasteiger partial charge in [-0.05, 0) is 37.0 Å². The fourth-order valence-corrected chi connectivity index (χ4v) is 3.58. The number of amides is 1. The number of rotatable bonds is 5. The molecule has 2 N–H and O–H groups in total. The summed E-state index contributed by atoms with van der Waals surface area (Å²) in [5.74, 6) is -1.24. The van der Waals surface area contributed by atoms with Crippen molar-refractivity contribution in [2.45, 2.75) is 45.8 Å². The fourth-order valence-electron chi connectivity index (χ4n) is 3.58. The molecule has 0 spiro atoms. The number of carbonyl (C=O) groups excluding carboxylic acids is 2. The average Bonchev–Trinajstić information content (AvgIpc) is 2.64. The Bertz CT molecular complexity index is 1070. The quantitative estimate of drug-likeness (QED) is 0.747. The maximum atomic E-state index is 13.1. The lowest BCUT2D eigenvalue weighted by Gasteiger charge is -2.29. The first-order valence-corrected chi connectivity index (χ1v) is 9.77. The van der Waals surface area contributed by atoms with E-state index in [1.54, 1.807) is 0 Å². The number of hydrogen-bond donors (Lipinski definition) is 2. The fraction of sp³-hybridized carbons (Fsp3) is 0.409. The molecule has 6 nitrogen and oxygen atoms in total. The van der Waals surface area contributed by atoms with Crippen LogP contribution in [-0.2, 0) is 12.6 Å². The van der Waals surface area contributed by atoms with Crippen molar-refractivity contribution in [1.82, 2.24) is 10.3 Å². The highest BCUT2D eigenvalue weighted by Crippen LogP contribution is 2.36. The summed E-state index contributed by atoms with van der Waals surface area (Å²) in [7, 11) is 0. The van der Waals surface area contributed by atoms with Crippen molar-refractivity contribution in [3.63, 3.8) is 0 Å². The van der Waals surface area contributed by atoms with E-state index in [2.05, 4.69) is 10.3 Å². The van der Waals surface area contributed by atoms with Crippen LogP contribution in [0.25, 0.3) is 0 Å². The molecular formula is C22H23F3N2O4. The number of carbonyl (C=O) groups is 2. The number of aromatic amines is 1. The molecule has 1 aliphatic rings. The molecule has 0 bridgehead atoms. The molecule has 1 unspecified atom stereocenters. The van der Waals surface area contributed by atoms with Gasteiger partial charge in [-0.2, -0.15) is 13.2 Å². The summed E-state index contributed by atoms with van der Waals surface area (Å²) < 4.78 is 44.4. The molecule has 1 aliphatic carbocycles. The van der Waals surface area contributed by atoms with Gasteiger partial charge in [-0.3, -0.25) is 14.4 Å². The van der Waals surface area contributed by atoms with Crippen molar-refractivity contribution in [3.05, 3.63) is 63.1 Å². The number of benzene rings is 1. The molecule has 0 radical (unpaired) electrons. The number of H-pyrrole nitrogens is 1. The van der Waals surface area contributed by atoms with Gasteiger partial charge in [0.05, 0.1) is 11.6 Å². The SMILES string of the molecule is CC(COc1ccccc1C(F)(F)F)NC(=O)c1cc2c([nH]c1=O)CC(C)(C)CC2=O. The second-order valence-corrected chi connectivity index (χ2v) is 8.52. The van der Waals surface area contributed by atoms with Gasteiger partial charge in [-0.15, -0.1) is 0 Å². The zero-order chi connectivity index (χ0) is 23.0. The second kappa shape index (κ2) is 8.20. The van der Waals surface area contributed by atoms with Gasteiger partial charge >= 0.3 is 6.18 Å². The molecule has 0 saturated heterocycles. The number of nitrogens with one attached hydrogen (secondary N) is 2. The summed E-state index contributed by atoms with van der Waals surface area (Å²) in [5.41, 5.74) is -1.24. The van der Waals surface area contributed by atoms with Crippen molar-refractivity contribution in [2.24, 2.45) is 5.41 Å². The van der Waals surface area contributed by atoms with E-state index in [4.69, 9.17) is 4.74 Å². The normalized spacial score (nSPS) is 16.4. The standard InChI is InChI=1S/C22H23F3N2O4/c1-12(11-31-18-7-5-4-6-15(18)22(23,24)25)26-19(29)14-8-13-16(27-20(14)30)9-21(2,3)10-17(13)28/h4-8,12H,9-11H2,1-3H3,(H,26,29)(H,27,30). The van der Waals surface area contributed by atoms with Gasteiger partial charge in [0.25, 0.3) is 11.5 Å². The van der Waals surface area contributed by atoms with Crippen molar-refractivity contribution < 1.29 is 27.5 Å². The molecule has 1 aromatic carbocycles. The van der Waals surface area contributed by atoms with Gasteiger partial charge in [0.2, 0.25) is 0 Å². The molecule has 9 heteroatoms. The number of Topliss-reactive ketones (excluding diaryl/α,β-unsaturated/α-hetero) is 1. The topological polar surface area (TPSA) is 88.3 Å². The maximum absolute atomic E-state index is 13.1. The summed E-state index contributed by atoms with van der Waals surface area (Å²) >= 11 is 0. The van der Waals surface area contributed by atoms with E-state index in [1.807, 2.05) is 13.8 Å². The summed E-state index contributed by atoms with van der Waals surface area (Å²) in [5, 5.41) is 2.53. The second-order valence-electron chi connectivity index (χ2n) is 8.52. The first-order chi connectivity index (χ1) is 14.4. The Labute approximate surface area is 176 Å². The van der Waals surface area contributed by atoms with Crippen LogP contribution in [0.4, 0.5) is 13.2 Å². The van der Waals surface area contributed by atoms with E-state index in [0.717, 1.165) is 6.07 Å². The van der Waals surface area contributed by atoms with E-state index >= 15 is 0 Å². The number of hydrogen-bond acceptors (Lipinski definition) is 4. The predicted molar refractivity (Wildman–Crippen MR) is 107 cm³/mol. The third-order valence-corrected chi connectivity index (χ3v) is 5.02. The van der Waals surface area contributed by atoms with Gasteiger partial charge in [0.15, 0.2) is 5.78 Å². The van der Waals surface area contributed by atoms with Crippen LogP contribution in [0.2, 0.25) is 0 Å². The monoisotopic (exact) mass is 436 g/mol. The lowest BCUT2D eigenvalue weighted by molar-refractivity contribution is -0.139. The van der Waals surface area contributed by atoms with Crippen LogP contribution >= 0.6 is 0 Å². The molecule has 166 valence electrons. The molecule has 3 rings (SSSR count). The molecule has 1 atom stereocenters. The lowest BCUT2D eigenvalue weighted by atomic mass is 9.75. The Balaban J connectivity index is 1.71. The average molecular weight is 436 g/mol. The Hall–Kier alpha value is -3.10. The molecular weight excluding hydrogens is 413 g/mol. The largest absolute Gasteiger partial charge is 0.491 e. The number of para-hydroxylation sites is 1. The lowest BCUT2D eigenvalue weighted by Crippen LogP contribution is -2.40. The van der Waals surface area contributed by atoms with E-state index < -0.39 is 29.2 Å². The van der Waals surface area contributed by atoms with Crippen LogP contribution in [0.3, 0.4) is 0 Å². The van der Waals surface area contributed by atoms with E-state index in [9.17, 15) is 27.6 Å². The number of aromatic nitrogens is 1. The number of ketones is 1. The van der Waals surface area contributed by atoms with Crippen LogP contribution in [-0.4, -0.2) is 29.3 Å². The third-order valence-electron chi connectivity index (χ3n) is 5.02. The highest BCUT2D eigenvalue weighted by atomic mass is 19.4. The maximum Gasteiger partial charge on any atom is 0.419 e. The number of pyridine rings is 1. The first kappa shape index (κ1) is 22.6. The molecule has 1 heterocycles. The van der Waals surface area contributed by atoms with Gasteiger partial charge < -0.3 is 15.0 Å². The summed E-state index contributed by atoms with van der Waals surface area (Å²) in [6.45, 7) is 5.14. The summed E-state index contributed by atoms with van der Waals surface area (Å²) in [6.07, 6.45) is -3.76. The highest BCUT2D eigenvalue weighted by molar-refractivity contribution is 6.02. The molecule has 0 aliphatic heterocycles. The number of halogens is 3. The zero-order valence-electron chi connectivity index (χ0n) is 17.4. The molecule has 31 heavy (non-hydrogen) atoms. The Morgan fingerprint density at radius 1 is 1.23 bits per heavy atom. The van der Waals surface area contributed by atoms with Gasteiger partial charge in [0.1, 0.15) is 17.9 Å². The zero-order valence-corrected chi connectivity index (χ0v) is 17.4. The van der Waals surface area contributed by atoms with Crippen molar-refractivity contribution in [1.29, 1.82) is 0 Å². The number of alkyl halides is 3. The van der Waals surface area contributed by atoms with E-state index in [1.165, 1.54) is 31.2 Å². The molecule has 0 saturated carbocycles. The Morgan fingerprint density at radius 3 is 2.58 bits per heavy atom. The molecule has 1 amide bonds. The minimum atomic E-state index is -4.57. The predicted octanol–water partition coefficient (Wildman–Crippen LogP) is 3.75. The molecule has 0 fully saturated rings. The molecule has 1 aromatic heterocycles. The van der Waals surface area contributed by atoms with Crippen LogP contribution in [0, 0.1) is 5.41 Å². The summed E-state index contributed by atoms with van der Waals surface area (Å²) in [6, 6.07) is 5.36. The van der Waals surface area contributed by atoms with Gasteiger partial charge in [-0.25, -0.2) is 0 Å². The van der Waals surface area contributed by atoms with Crippen LogP contribution < -0.4 is 15.6 Å². The first-order valence-electron chi connectivity index (χ1n) is 9.77. The van der Waals surface area contributed by atoms with Crippen LogP contribution in [0.5, 0.6) is 5.75 Å². The number of fused-ring (bicyclic) bond motifs is 1. The third kappa shape index (κ3) is 5.15. The van der Waals surface area contributed by atoms with E-state index in [0.29, 0.717) is 24.1 Å². The van der Waals surface area contributed by atoms with Gasteiger partial charge in [0, 0.05) is 17.7 Å².